The summed E-state index contributed by atoms with van der Waals surface area (Å²) in [5.74, 6) is 0. The Morgan fingerprint density at radius 1 is 1.14 bits per heavy atom. The molecule has 0 fully saturated rings. The second-order valence-electron chi connectivity index (χ2n) is 7.09. The van der Waals surface area contributed by atoms with Crippen molar-refractivity contribution in [3.8, 4) is 0 Å². The van der Waals surface area contributed by atoms with Crippen LogP contribution in [0.25, 0.3) is 0 Å². The molecule has 0 radical (unpaired) electrons. The van der Waals surface area contributed by atoms with E-state index >= 15 is 0 Å². The predicted molar refractivity (Wildman–Crippen MR) is 83.4 cm³/mol. The fraction of sp³-hybridized carbons (Fsp3) is 0.529. The maximum Gasteiger partial charge on any atom is 0.410 e. The van der Waals surface area contributed by atoms with Crippen LogP contribution in [-0.2, 0) is 11.3 Å². The van der Waals surface area contributed by atoms with Crippen LogP contribution in [-0.4, -0.2) is 28.4 Å². The Kier molecular flexibility index (Phi) is 5.15. The molecule has 0 saturated heterocycles. The fourth-order valence-corrected chi connectivity index (χ4v) is 2.52. The zero-order valence-corrected chi connectivity index (χ0v) is 13.8. The lowest BCUT2D eigenvalue weighted by Crippen LogP contribution is -2.55. The number of aldehydes is 1. The first kappa shape index (κ1) is 17.2. The number of hydrogen-bond donors (Lipinski definition) is 0. The topological polar surface area (TPSA) is 46.6 Å². The van der Waals surface area contributed by atoms with Gasteiger partial charge in [0.1, 0.15) is 12.9 Å². The average molecular weight is 291 g/mol. The Bertz CT molecular complexity index is 496. The van der Waals surface area contributed by atoms with Crippen LogP contribution >= 0.6 is 0 Å². The summed E-state index contributed by atoms with van der Waals surface area (Å²) in [6.45, 7) is 12.0. The molecule has 0 aromatic heterocycles. The summed E-state index contributed by atoms with van der Waals surface area (Å²) in [5, 5.41) is 0. The van der Waals surface area contributed by atoms with Gasteiger partial charge in [0, 0.05) is 16.6 Å². The maximum absolute atomic E-state index is 12.4. The van der Waals surface area contributed by atoms with E-state index in [1.807, 2.05) is 47.6 Å². The predicted octanol–water partition coefficient (Wildman–Crippen LogP) is 4.03. The molecule has 0 heterocycles. The van der Waals surface area contributed by atoms with Gasteiger partial charge in [-0.3, -0.25) is 9.69 Å². The van der Waals surface area contributed by atoms with Crippen LogP contribution in [0, 0.1) is 0 Å². The van der Waals surface area contributed by atoms with E-state index in [1.54, 1.807) is 23.1 Å². The molecule has 1 aromatic carbocycles. The van der Waals surface area contributed by atoms with Crippen LogP contribution in [0.3, 0.4) is 0 Å². The van der Waals surface area contributed by atoms with E-state index in [0.29, 0.717) is 5.56 Å². The van der Waals surface area contributed by atoms with E-state index in [2.05, 4.69) is 0 Å². The third-order valence-corrected chi connectivity index (χ3v) is 2.97. The number of amides is 1. The molecule has 1 aromatic rings. The van der Waals surface area contributed by atoms with E-state index in [9.17, 15) is 9.59 Å². The number of benzene rings is 1. The van der Waals surface area contributed by atoms with Crippen molar-refractivity contribution in [2.45, 2.75) is 59.2 Å². The van der Waals surface area contributed by atoms with Gasteiger partial charge in [-0.1, -0.05) is 18.2 Å². The van der Waals surface area contributed by atoms with Gasteiger partial charge in [-0.05, 0) is 53.2 Å². The molecular formula is C17H25NO3. The largest absolute Gasteiger partial charge is 0.445 e. The second kappa shape index (κ2) is 6.29. The van der Waals surface area contributed by atoms with Crippen molar-refractivity contribution in [2.24, 2.45) is 0 Å². The van der Waals surface area contributed by atoms with Gasteiger partial charge in [0.05, 0.1) is 0 Å². The highest BCUT2D eigenvalue weighted by Gasteiger charge is 2.36. The minimum Gasteiger partial charge on any atom is -0.445 e. The molecule has 4 heteroatoms. The summed E-state index contributed by atoms with van der Waals surface area (Å²) in [6.07, 6.45) is 0.425. The molecular weight excluding hydrogens is 266 g/mol. The summed E-state index contributed by atoms with van der Waals surface area (Å²) in [4.78, 5) is 24.9. The highest BCUT2D eigenvalue weighted by Crippen LogP contribution is 2.26. The molecule has 0 aliphatic heterocycles. The van der Waals surface area contributed by atoms with Gasteiger partial charge in [0.15, 0.2) is 0 Å². The van der Waals surface area contributed by atoms with Crippen molar-refractivity contribution in [2.75, 3.05) is 0 Å². The number of carbonyl (C=O) groups is 2. The van der Waals surface area contributed by atoms with E-state index < -0.39 is 0 Å². The first-order valence-corrected chi connectivity index (χ1v) is 7.07. The molecule has 1 amide bonds. The first-order valence-electron chi connectivity index (χ1n) is 7.07. The molecule has 1 rings (SSSR count). The lowest BCUT2D eigenvalue weighted by molar-refractivity contribution is 0.0170. The molecule has 0 spiro atoms. The summed E-state index contributed by atoms with van der Waals surface area (Å²) in [6, 6.07) is 7.05. The van der Waals surface area contributed by atoms with Gasteiger partial charge in [-0.2, -0.15) is 0 Å². The summed E-state index contributed by atoms with van der Waals surface area (Å²) < 4.78 is 5.41. The molecule has 0 aliphatic carbocycles. The average Bonchev–Trinajstić information content (AvgIpc) is 2.33. The zero-order chi connectivity index (χ0) is 16.3. The molecule has 0 saturated carbocycles. The normalized spacial score (nSPS) is 11.9. The third kappa shape index (κ3) is 4.88. The highest BCUT2D eigenvalue weighted by molar-refractivity contribution is 5.75. The van der Waals surface area contributed by atoms with Gasteiger partial charge in [-0.15, -0.1) is 0 Å². The highest BCUT2D eigenvalue weighted by atomic mass is 16.6. The van der Waals surface area contributed by atoms with E-state index in [1.165, 1.54) is 0 Å². The van der Waals surface area contributed by atoms with Gasteiger partial charge >= 0.3 is 6.09 Å². The van der Waals surface area contributed by atoms with Gasteiger partial charge in [0.25, 0.3) is 0 Å². The van der Waals surface area contributed by atoms with Crippen molar-refractivity contribution >= 4 is 12.4 Å². The Balaban J connectivity index is 2.81. The Morgan fingerprint density at radius 3 is 2.19 bits per heavy atom. The van der Waals surface area contributed by atoms with Gasteiger partial charge in [-0.25, -0.2) is 4.79 Å². The van der Waals surface area contributed by atoms with Crippen LogP contribution in [0.5, 0.6) is 0 Å². The van der Waals surface area contributed by atoms with Crippen molar-refractivity contribution in [1.82, 2.24) is 4.90 Å². The maximum atomic E-state index is 12.4. The fourth-order valence-electron chi connectivity index (χ4n) is 2.52. The monoisotopic (exact) mass is 291 g/mol. The van der Waals surface area contributed by atoms with Crippen LogP contribution in [0.2, 0.25) is 0 Å². The third-order valence-electron chi connectivity index (χ3n) is 2.97. The van der Waals surface area contributed by atoms with E-state index in [4.69, 9.17) is 4.74 Å². The second-order valence-corrected chi connectivity index (χ2v) is 7.09. The number of nitrogens with zero attached hydrogens (tertiary/aromatic N) is 1. The summed E-state index contributed by atoms with van der Waals surface area (Å²) in [5.41, 5.74) is 0.711. The zero-order valence-electron chi connectivity index (χ0n) is 13.8. The number of ether oxygens (including phenoxy) is 1. The van der Waals surface area contributed by atoms with Crippen LogP contribution in [0.4, 0.5) is 4.79 Å². The summed E-state index contributed by atoms with van der Waals surface area (Å²) in [7, 11) is 0. The molecule has 116 valence electrons. The molecule has 0 N–H and O–H groups in total. The minimum absolute atomic E-state index is 0.156. The molecule has 4 nitrogen and oxygen atoms in total. The van der Waals surface area contributed by atoms with Crippen molar-refractivity contribution in [3.63, 3.8) is 0 Å². The van der Waals surface area contributed by atoms with Crippen LogP contribution in [0.1, 0.15) is 57.5 Å². The molecule has 0 atom stereocenters. The van der Waals surface area contributed by atoms with Crippen LogP contribution < -0.4 is 0 Å². The molecule has 0 aliphatic rings. The molecule has 0 bridgehead atoms. The van der Waals surface area contributed by atoms with Gasteiger partial charge < -0.3 is 4.74 Å². The van der Waals surface area contributed by atoms with Crippen molar-refractivity contribution in [3.05, 3.63) is 35.4 Å². The quantitative estimate of drug-likeness (QED) is 0.790. The minimum atomic E-state index is -0.355. The number of rotatable bonds is 3. The van der Waals surface area contributed by atoms with Crippen molar-refractivity contribution in [1.29, 1.82) is 0 Å². The molecule has 0 unspecified atom stereocenters. The standard InChI is InChI=1S/C17H25NO3/c1-16(2,3)18(17(4,5)6)15(20)21-12-14-9-7-8-13(10-14)11-19/h7-11H,12H2,1-6H3. The van der Waals surface area contributed by atoms with Crippen LogP contribution in [0.15, 0.2) is 24.3 Å². The smallest absolute Gasteiger partial charge is 0.410 e. The Hall–Kier alpha value is -1.84. The van der Waals surface area contributed by atoms with Crippen molar-refractivity contribution < 1.29 is 14.3 Å². The SMILES string of the molecule is CC(C)(C)N(C(=O)OCc1cccc(C=O)c1)C(C)(C)C. The molecule has 21 heavy (non-hydrogen) atoms. The Labute approximate surface area is 127 Å². The van der Waals surface area contributed by atoms with E-state index in [-0.39, 0.29) is 23.8 Å². The summed E-state index contributed by atoms with van der Waals surface area (Å²) >= 11 is 0. The lowest BCUT2D eigenvalue weighted by atomic mass is 9.97. The first-order chi connectivity index (χ1) is 9.55. The van der Waals surface area contributed by atoms with E-state index in [0.717, 1.165) is 11.8 Å². The van der Waals surface area contributed by atoms with Gasteiger partial charge in [0.2, 0.25) is 0 Å². The lowest BCUT2D eigenvalue weighted by Gasteiger charge is -2.44. The number of hydrogen-bond acceptors (Lipinski definition) is 3. The Morgan fingerprint density at radius 2 is 1.71 bits per heavy atom. The number of carbonyl (C=O) groups excluding carboxylic acids is 2.